The summed E-state index contributed by atoms with van der Waals surface area (Å²) in [7, 11) is 1.91. The van der Waals surface area contributed by atoms with Gasteiger partial charge in [0.1, 0.15) is 5.82 Å². The van der Waals surface area contributed by atoms with Crippen LogP contribution in [0.5, 0.6) is 0 Å². The Hall–Kier alpha value is -3.65. The first kappa shape index (κ1) is 26.6. The number of anilines is 2. The zero-order valence-corrected chi connectivity index (χ0v) is 23.6. The molecule has 3 aliphatic rings. The number of fused-ring (bicyclic) bond motifs is 1. The molecule has 0 saturated carbocycles. The Morgan fingerprint density at radius 3 is 2.52 bits per heavy atom. The van der Waals surface area contributed by atoms with Crippen LogP contribution < -0.4 is 15.1 Å². The molecule has 0 unspecified atom stereocenters. The molecule has 208 valence electrons. The lowest BCUT2D eigenvalue weighted by Gasteiger charge is -2.37. The van der Waals surface area contributed by atoms with Crippen LogP contribution >= 0.6 is 11.6 Å². The van der Waals surface area contributed by atoms with Gasteiger partial charge >= 0.3 is 0 Å². The molecule has 2 saturated heterocycles. The van der Waals surface area contributed by atoms with E-state index >= 15 is 0 Å². The van der Waals surface area contributed by atoms with Crippen molar-refractivity contribution in [3.8, 4) is 0 Å². The number of nitrogens with one attached hydrogen (secondary N) is 1. The van der Waals surface area contributed by atoms with Gasteiger partial charge in [0, 0.05) is 51.0 Å². The van der Waals surface area contributed by atoms with E-state index in [1.165, 1.54) is 18.4 Å². The third kappa shape index (κ3) is 5.37. The van der Waals surface area contributed by atoms with Crippen molar-refractivity contribution < 1.29 is 9.59 Å². The molecule has 2 aromatic carbocycles. The number of piperidine rings is 1. The van der Waals surface area contributed by atoms with E-state index in [1.54, 1.807) is 18.2 Å². The first-order valence-electron chi connectivity index (χ1n) is 14.3. The Kier molecular flexibility index (Phi) is 7.61. The van der Waals surface area contributed by atoms with E-state index in [4.69, 9.17) is 16.6 Å². The first-order chi connectivity index (χ1) is 19.5. The third-order valence-corrected chi connectivity index (χ3v) is 8.90. The molecular weight excluding hydrogens is 524 g/mol. The molecule has 1 atom stereocenters. The molecule has 2 amide bonds. The minimum Gasteiger partial charge on any atom is -0.356 e. The van der Waals surface area contributed by atoms with Crippen molar-refractivity contribution in [2.45, 2.75) is 50.6 Å². The molecule has 1 aliphatic carbocycles. The number of benzene rings is 2. The highest BCUT2D eigenvalue weighted by molar-refractivity contribution is 6.33. The van der Waals surface area contributed by atoms with Crippen LogP contribution in [0.1, 0.15) is 70.0 Å². The number of aromatic nitrogens is 2. The van der Waals surface area contributed by atoms with Crippen LogP contribution in [0.2, 0.25) is 5.02 Å². The Morgan fingerprint density at radius 2 is 1.75 bits per heavy atom. The van der Waals surface area contributed by atoms with Gasteiger partial charge in [-0.3, -0.25) is 9.59 Å². The maximum atomic E-state index is 13.6. The number of halogens is 1. The van der Waals surface area contributed by atoms with E-state index in [1.807, 2.05) is 48.5 Å². The monoisotopic (exact) mass is 558 g/mol. The van der Waals surface area contributed by atoms with Gasteiger partial charge in [0.15, 0.2) is 0 Å². The quantitative estimate of drug-likeness (QED) is 0.464. The lowest BCUT2D eigenvalue weighted by molar-refractivity contribution is 0.0709. The fourth-order valence-electron chi connectivity index (χ4n) is 6.20. The van der Waals surface area contributed by atoms with E-state index in [0.717, 1.165) is 69.2 Å². The SMILES string of the molecule is CN(C(=O)c1ccc2c(c1)[C@H](NC(=O)c1ccccc1Cl)CC2)C1CCN(c2ccnc(N3CCCC3)n2)CC1. The first-order valence-corrected chi connectivity index (χ1v) is 14.6. The summed E-state index contributed by atoms with van der Waals surface area (Å²) in [6.45, 7) is 3.74. The number of nitrogens with zero attached hydrogens (tertiary/aromatic N) is 5. The number of carbonyl (C=O) groups excluding carboxylic acids is 2. The van der Waals surface area contributed by atoms with Gasteiger partial charge in [-0.2, -0.15) is 4.98 Å². The second kappa shape index (κ2) is 11.5. The van der Waals surface area contributed by atoms with Crippen LogP contribution in [0.15, 0.2) is 54.7 Å². The highest BCUT2D eigenvalue weighted by Gasteiger charge is 2.30. The summed E-state index contributed by atoms with van der Waals surface area (Å²) in [5.74, 6) is 1.61. The fourth-order valence-corrected chi connectivity index (χ4v) is 6.42. The number of amides is 2. The molecule has 0 spiro atoms. The second-order valence-electron chi connectivity index (χ2n) is 11.0. The lowest BCUT2D eigenvalue weighted by atomic mass is 10.00. The molecular formula is C31H35ClN6O2. The summed E-state index contributed by atoms with van der Waals surface area (Å²) in [5, 5.41) is 3.56. The molecule has 8 nitrogen and oxygen atoms in total. The van der Waals surface area contributed by atoms with Crippen LogP contribution in [0.3, 0.4) is 0 Å². The second-order valence-corrected chi connectivity index (χ2v) is 11.4. The number of rotatable bonds is 6. The van der Waals surface area contributed by atoms with E-state index in [-0.39, 0.29) is 23.9 Å². The normalized spacial score (nSPS) is 19.0. The molecule has 2 fully saturated rings. The lowest BCUT2D eigenvalue weighted by Crippen LogP contribution is -2.46. The zero-order chi connectivity index (χ0) is 27.6. The van der Waals surface area contributed by atoms with Gasteiger partial charge in [-0.1, -0.05) is 29.8 Å². The maximum Gasteiger partial charge on any atom is 0.253 e. The molecule has 9 heteroatoms. The predicted octanol–water partition coefficient (Wildman–Crippen LogP) is 4.89. The summed E-state index contributed by atoms with van der Waals surface area (Å²) in [6, 6.07) is 15.0. The van der Waals surface area contributed by atoms with E-state index in [2.05, 4.69) is 20.1 Å². The molecule has 40 heavy (non-hydrogen) atoms. The van der Waals surface area contributed by atoms with Crippen molar-refractivity contribution >= 4 is 35.2 Å². The van der Waals surface area contributed by atoms with Crippen molar-refractivity contribution in [1.29, 1.82) is 0 Å². The Balaban J connectivity index is 1.09. The van der Waals surface area contributed by atoms with Gasteiger partial charge in [-0.15, -0.1) is 0 Å². The molecule has 6 rings (SSSR count). The summed E-state index contributed by atoms with van der Waals surface area (Å²) in [5.41, 5.74) is 3.32. The zero-order valence-electron chi connectivity index (χ0n) is 22.9. The van der Waals surface area contributed by atoms with Crippen molar-refractivity contribution in [3.05, 3.63) is 82.0 Å². The van der Waals surface area contributed by atoms with Gasteiger partial charge < -0.3 is 20.0 Å². The van der Waals surface area contributed by atoms with Gasteiger partial charge in [0.05, 0.1) is 16.6 Å². The Morgan fingerprint density at radius 1 is 0.975 bits per heavy atom. The van der Waals surface area contributed by atoms with Crippen molar-refractivity contribution in [2.75, 3.05) is 43.0 Å². The highest BCUT2D eigenvalue weighted by Crippen LogP contribution is 2.33. The van der Waals surface area contributed by atoms with Crippen molar-refractivity contribution in [2.24, 2.45) is 0 Å². The minimum absolute atomic E-state index is 0.0164. The van der Waals surface area contributed by atoms with Crippen molar-refractivity contribution in [3.63, 3.8) is 0 Å². The Bertz CT molecular complexity index is 1400. The van der Waals surface area contributed by atoms with E-state index in [0.29, 0.717) is 16.1 Å². The maximum absolute atomic E-state index is 13.6. The number of carbonyl (C=O) groups is 2. The van der Waals surface area contributed by atoms with E-state index in [9.17, 15) is 9.59 Å². The van der Waals surface area contributed by atoms with Gasteiger partial charge in [0.25, 0.3) is 11.8 Å². The number of hydrogen-bond donors (Lipinski definition) is 1. The molecule has 1 aromatic heterocycles. The van der Waals surface area contributed by atoms with Gasteiger partial charge in [-0.25, -0.2) is 4.98 Å². The molecule has 1 N–H and O–H groups in total. The number of aryl methyl sites for hydroxylation is 1. The summed E-state index contributed by atoms with van der Waals surface area (Å²) in [6.07, 6.45) is 7.69. The summed E-state index contributed by atoms with van der Waals surface area (Å²) in [4.78, 5) is 42.2. The minimum atomic E-state index is -0.194. The molecule has 3 heterocycles. The summed E-state index contributed by atoms with van der Waals surface area (Å²) >= 11 is 6.24. The molecule has 0 radical (unpaired) electrons. The standard InChI is InChI=1S/C31H35ClN6O2/c1-36(23-13-18-37(19-14-23)28-12-15-33-31(35-28)38-16-4-5-17-38)30(40)22-9-8-21-10-11-27(25(21)20-22)34-29(39)24-6-2-3-7-26(24)32/h2-3,6-9,12,15,20,23,27H,4-5,10-11,13-14,16-19H2,1H3,(H,34,39)/t27-/m1/s1. The molecule has 0 bridgehead atoms. The third-order valence-electron chi connectivity index (χ3n) is 8.57. The van der Waals surface area contributed by atoms with Crippen molar-refractivity contribution in [1.82, 2.24) is 20.2 Å². The van der Waals surface area contributed by atoms with Crippen LogP contribution in [0.4, 0.5) is 11.8 Å². The van der Waals surface area contributed by atoms with E-state index < -0.39 is 0 Å². The average Bonchev–Trinajstić information content (AvgIpc) is 3.67. The molecule has 2 aliphatic heterocycles. The topological polar surface area (TPSA) is 81.7 Å². The van der Waals surface area contributed by atoms with Crippen LogP contribution in [-0.4, -0.2) is 66.0 Å². The van der Waals surface area contributed by atoms with Gasteiger partial charge in [-0.05, 0) is 80.0 Å². The predicted molar refractivity (Wildman–Crippen MR) is 157 cm³/mol. The average molecular weight is 559 g/mol. The highest BCUT2D eigenvalue weighted by atomic mass is 35.5. The van der Waals surface area contributed by atoms with Crippen LogP contribution in [0.25, 0.3) is 0 Å². The van der Waals surface area contributed by atoms with Gasteiger partial charge in [0.2, 0.25) is 5.95 Å². The van der Waals surface area contributed by atoms with Crippen LogP contribution in [-0.2, 0) is 6.42 Å². The fraction of sp³-hybridized carbons (Fsp3) is 0.419. The Labute approximate surface area is 240 Å². The largest absolute Gasteiger partial charge is 0.356 e. The summed E-state index contributed by atoms with van der Waals surface area (Å²) < 4.78 is 0. The number of hydrogen-bond acceptors (Lipinski definition) is 6. The van der Waals surface area contributed by atoms with Crippen LogP contribution in [0, 0.1) is 0 Å². The smallest absolute Gasteiger partial charge is 0.253 e. The molecule has 3 aromatic rings.